The fraction of sp³-hybridized carbons (Fsp3) is 0.857. The molecule has 0 aliphatic rings. The predicted octanol–water partition coefficient (Wildman–Crippen LogP) is 1.08. The van der Waals surface area contributed by atoms with E-state index in [0.717, 1.165) is 18.6 Å². The molecule has 10 heavy (non-hydrogen) atoms. The average molecular weight is 161 g/mol. The maximum atomic E-state index is 10.0. The van der Waals surface area contributed by atoms with Crippen LogP contribution in [0.1, 0.15) is 20.3 Å². The van der Waals surface area contributed by atoms with Crippen LogP contribution in [-0.2, 0) is 4.79 Å². The van der Waals surface area contributed by atoms with Gasteiger partial charge in [-0.2, -0.15) is 12.6 Å². The zero-order valence-electron chi connectivity index (χ0n) is 6.50. The van der Waals surface area contributed by atoms with Gasteiger partial charge >= 0.3 is 0 Å². The molecule has 0 heterocycles. The zero-order valence-corrected chi connectivity index (χ0v) is 7.40. The monoisotopic (exact) mass is 161 g/mol. The van der Waals surface area contributed by atoms with Crippen molar-refractivity contribution in [2.45, 2.75) is 26.3 Å². The summed E-state index contributed by atoms with van der Waals surface area (Å²) >= 11 is 4.10. The van der Waals surface area contributed by atoms with Gasteiger partial charge in [-0.15, -0.1) is 0 Å². The summed E-state index contributed by atoms with van der Waals surface area (Å²) in [6, 6.07) is 0.237. The molecular weight excluding hydrogens is 146 g/mol. The average Bonchev–Trinajstić information content (AvgIpc) is 1.86. The summed E-state index contributed by atoms with van der Waals surface area (Å²) in [5.41, 5.74) is 0. The van der Waals surface area contributed by atoms with Crippen LogP contribution in [0, 0.1) is 5.92 Å². The lowest BCUT2D eigenvalue weighted by Gasteiger charge is -2.14. The first-order valence-corrected chi connectivity index (χ1v) is 4.14. The molecule has 0 aromatic rings. The van der Waals surface area contributed by atoms with Crippen LogP contribution in [0.4, 0.5) is 0 Å². The minimum absolute atomic E-state index is 0.237. The number of thiol groups is 1. The number of hydrogen-bond donors (Lipinski definition) is 2. The molecule has 0 bridgehead atoms. The molecule has 0 aliphatic carbocycles. The topological polar surface area (TPSA) is 29.1 Å². The van der Waals surface area contributed by atoms with Crippen LogP contribution in [0.25, 0.3) is 0 Å². The summed E-state index contributed by atoms with van der Waals surface area (Å²) in [6.07, 6.45) is 1.74. The van der Waals surface area contributed by atoms with Crippen molar-refractivity contribution in [2.24, 2.45) is 5.92 Å². The van der Waals surface area contributed by atoms with Gasteiger partial charge in [-0.25, -0.2) is 0 Å². The normalized spacial score (nSPS) is 13.2. The van der Waals surface area contributed by atoms with Gasteiger partial charge in [-0.1, -0.05) is 13.8 Å². The van der Waals surface area contributed by atoms with E-state index in [-0.39, 0.29) is 6.04 Å². The first-order chi connectivity index (χ1) is 4.70. The van der Waals surface area contributed by atoms with Gasteiger partial charge in [0.25, 0.3) is 0 Å². The minimum atomic E-state index is 0.237. The lowest BCUT2D eigenvalue weighted by molar-refractivity contribution is -0.110. The van der Waals surface area contributed by atoms with Crippen molar-refractivity contribution in [1.82, 2.24) is 5.32 Å². The first-order valence-electron chi connectivity index (χ1n) is 3.51. The highest BCUT2D eigenvalue weighted by molar-refractivity contribution is 7.80. The van der Waals surface area contributed by atoms with E-state index in [9.17, 15) is 4.79 Å². The lowest BCUT2D eigenvalue weighted by atomic mass is 10.1. The predicted molar refractivity (Wildman–Crippen MR) is 46.3 cm³/mol. The van der Waals surface area contributed by atoms with Crippen molar-refractivity contribution in [3.8, 4) is 0 Å². The smallest absolute Gasteiger partial charge is 0.207 e. The molecule has 3 heteroatoms. The third-order valence-electron chi connectivity index (χ3n) is 1.28. The standard InChI is InChI=1S/C7H15NOS/c1-6(2)3-7(4-10)8-5-9/h5-7,10H,3-4H2,1-2H3,(H,8,9). The molecule has 0 fully saturated rings. The summed E-state index contributed by atoms with van der Waals surface area (Å²) in [6.45, 7) is 4.26. The van der Waals surface area contributed by atoms with Crippen LogP contribution in [0.2, 0.25) is 0 Å². The van der Waals surface area contributed by atoms with Gasteiger partial charge in [-0.05, 0) is 12.3 Å². The van der Waals surface area contributed by atoms with E-state index in [1.54, 1.807) is 0 Å². The Labute approximate surface area is 67.8 Å². The van der Waals surface area contributed by atoms with Crippen LogP contribution < -0.4 is 5.32 Å². The molecule has 0 saturated carbocycles. The molecule has 0 radical (unpaired) electrons. The van der Waals surface area contributed by atoms with Crippen LogP contribution in [0.15, 0.2) is 0 Å². The number of nitrogens with one attached hydrogen (secondary N) is 1. The SMILES string of the molecule is CC(C)CC(CS)NC=O. The second kappa shape index (κ2) is 5.59. The summed E-state index contributed by atoms with van der Waals surface area (Å²) in [7, 11) is 0. The van der Waals surface area contributed by atoms with E-state index in [0.29, 0.717) is 5.92 Å². The molecule has 1 amide bonds. The van der Waals surface area contributed by atoms with Crippen LogP contribution >= 0.6 is 12.6 Å². The van der Waals surface area contributed by atoms with Crippen molar-refractivity contribution < 1.29 is 4.79 Å². The maximum Gasteiger partial charge on any atom is 0.207 e. The minimum Gasteiger partial charge on any atom is -0.355 e. The number of carbonyl (C=O) groups is 1. The van der Waals surface area contributed by atoms with Gasteiger partial charge in [0, 0.05) is 11.8 Å². The second-order valence-corrected chi connectivity index (χ2v) is 3.16. The largest absolute Gasteiger partial charge is 0.355 e. The number of amides is 1. The van der Waals surface area contributed by atoms with Crippen molar-refractivity contribution in [3.63, 3.8) is 0 Å². The van der Waals surface area contributed by atoms with E-state index in [2.05, 4.69) is 31.8 Å². The highest BCUT2D eigenvalue weighted by Gasteiger charge is 2.06. The van der Waals surface area contributed by atoms with Crippen LogP contribution in [0.5, 0.6) is 0 Å². The summed E-state index contributed by atoms with van der Waals surface area (Å²) in [4.78, 5) is 10.0. The Morgan fingerprint density at radius 3 is 2.50 bits per heavy atom. The number of carbonyl (C=O) groups excluding carboxylic acids is 1. The molecule has 0 aromatic carbocycles. The van der Waals surface area contributed by atoms with E-state index in [1.807, 2.05) is 0 Å². The Morgan fingerprint density at radius 1 is 1.60 bits per heavy atom. The van der Waals surface area contributed by atoms with Gasteiger partial charge in [0.1, 0.15) is 0 Å². The molecule has 1 atom stereocenters. The molecule has 1 N–H and O–H groups in total. The van der Waals surface area contributed by atoms with Crippen LogP contribution in [0.3, 0.4) is 0 Å². The van der Waals surface area contributed by atoms with Gasteiger partial charge in [0.05, 0.1) is 0 Å². The van der Waals surface area contributed by atoms with Gasteiger partial charge in [0.15, 0.2) is 0 Å². The Morgan fingerprint density at radius 2 is 2.20 bits per heavy atom. The first kappa shape index (κ1) is 9.82. The number of rotatable bonds is 5. The van der Waals surface area contributed by atoms with Gasteiger partial charge in [0.2, 0.25) is 6.41 Å². The van der Waals surface area contributed by atoms with Crippen molar-refractivity contribution >= 4 is 19.0 Å². The lowest BCUT2D eigenvalue weighted by Crippen LogP contribution is -2.30. The highest BCUT2D eigenvalue weighted by atomic mass is 32.1. The van der Waals surface area contributed by atoms with E-state index >= 15 is 0 Å². The van der Waals surface area contributed by atoms with Crippen molar-refractivity contribution in [3.05, 3.63) is 0 Å². The number of hydrogen-bond acceptors (Lipinski definition) is 2. The third kappa shape index (κ3) is 4.68. The Kier molecular flexibility index (Phi) is 5.49. The fourth-order valence-electron chi connectivity index (χ4n) is 0.861. The van der Waals surface area contributed by atoms with Gasteiger partial charge in [-0.3, -0.25) is 4.79 Å². The second-order valence-electron chi connectivity index (χ2n) is 2.79. The van der Waals surface area contributed by atoms with Crippen molar-refractivity contribution in [1.29, 1.82) is 0 Å². The quantitative estimate of drug-likeness (QED) is 0.458. The Hall–Kier alpha value is -0.180. The highest BCUT2D eigenvalue weighted by Crippen LogP contribution is 2.04. The van der Waals surface area contributed by atoms with Gasteiger partial charge < -0.3 is 5.32 Å². The summed E-state index contributed by atoms with van der Waals surface area (Å²) < 4.78 is 0. The zero-order chi connectivity index (χ0) is 7.98. The van der Waals surface area contributed by atoms with E-state index in [1.165, 1.54) is 0 Å². The molecule has 1 unspecified atom stereocenters. The third-order valence-corrected chi connectivity index (χ3v) is 1.72. The van der Waals surface area contributed by atoms with E-state index in [4.69, 9.17) is 0 Å². The van der Waals surface area contributed by atoms with Crippen LogP contribution in [-0.4, -0.2) is 18.2 Å². The summed E-state index contributed by atoms with van der Waals surface area (Å²) in [5.74, 6) is 1.33. The maximum absolute atomic E-state index is 10.0. The molecule has 0 aliphatic heterocycles. The summed E-state index contributed by atoms with van der Waals surface area (Å²) in [5, 5.41) is 2.71. The fourth-order valence-corrected chi connectivity index (χ4v) is 1.12. The molecule has 0 aromatic heterocycles. The molecule has 2 nitrogen and oxygen atoms in total. The van der Waals surface area contributed by atoms with Crippen molar-refractivity contribution in [2.75, 3.05) is 5.75 Å². The molecule has 0 spiro atoms. The Bertz CT molecular complexity index is 95.6. The molecule has 0 saturated heterocycles. The van der Waals surface area contributed by atoms with E-state index < -0.39 is 0 Å². The molecular formula is C7H15NOS. The molecule has 0 rings (SSSR count). The Balaban J connectivity index is 3.48. The molecule has 60 valence electrons.